The second kappa shape index (κ2) is 43.8. The number of nitrogens with two attached hydrogens (primary N) is 1. The van der Waals surface area contributed by atoms with Crippen LogP contribution in [0.4, 0.5) is 0 Å². The van der Waals surface area contributed by atoms with Gasteiger partial charge in [0.25, 0.3) is 0 Å². The summed E-state index contributed by atoms with van der Waals surface area (Å²) in [5.41, 5.74) is 5.34. The lowest BCUT2D eigenvalue weighted by molar-refractivity contribution is -0.161. The van der Waals surface area contributed by atoms with E-state index in [9.17, 15) is 19.0 Å². The molecule has 0 aromatic heterocycles. The molecule has 0 aromatic carbocycles. The topological polar surface area (TPSA) is 134 Å². The second-order valence-corrected chi connectivity index (χ2v) is 16.0. The van der Waals surface area contributed by atoms with Crippen LogP contribution in [0.3, 0.4) is 0 Å². The highest BCUT2D eigenvalue weighted by Gasteiger charge is 2.26. The van der Waals surface area contributed by atoms with Gasteiger partial charge in [-0.3, -0.25) is 18.6 Å². The fourth-order valence-corrected chi connectivity index (χ4v) is 6.50. The van der Waals surface area contributed by atoms with E-state index in [2.05, 4.69) is 98.9 Å². The molecule has 58 heavy (non-hydrogen) atoms. The molecule has 0 rings (SSSR count). The summed E-state index contributed by atoms with van der Waals surface area (Å²) < 4.78 is 32.7. The third kappa shape index (κ3) is 42.8. The first kappa shape index (κ1) is 55.2. The predicted octanol–water partition coefficient (Wildman–Crippen LogP) is 13.2. The van der Waals surface area contributed by atoms with Crippen LogP contribution in [0.15, 0.2) is 85.1 Å². The van der Waals surface area contributed by atoms with Gasteiger partial charge >= 0.3 is 19.8 Å². The predicted molar refractivity (Wildman–Crippen MR) is 242 cm³/mol. The molecule has 3 N–H and O–H groups in total. The minimum atomic E-state index is -4.39. The molecule has 0 bridgehead atoms. The number of phosphoric acid groups is 1. The van der Waals surface area contributed by atoms with Gasteiger partial charge in [-0.25, -0.2) is 4.57 Å². The van der Waals surface area contributed by atoms with E-state index < -0.39 is 32.5 Å². The first-order valence-corrected chi connectivity index (χ1v) is 24.1. The van der Waals surface area contributed by atoms with Crippen molar-refractivity contribution in [1.82, 2.24) is 0 Å². The highest BCUT2D eigenvalue weighted by Crippen LogP contribution is 2.43. The van der Waals surface area contributed by atoms with Crippen molar-refractivity contribution in [3.8, 4) is 0 Å². The fraction of sp³-hybridized carbons (Fsp3) is 0.667. The maximum atomic E-state index is 12.6. The average molecular weight is 832 g/mol. The lowest BCUT2D eigenvalue weighted by Crippen LogP contribution is -2.29. The van der Waals surface area contributed by atoms with Gasteiger partial charge in [-0.2, -0.15) is 0 Å². The number of hydrogen-bond acceptors (Lipinski definition) is 8. The number of phosphoric ester groups is 1. The molecule has 0 saturated heterocycles. The van der Waals surface area contributed by atoms with E-state index in [1.54, 1.807) is 0 Å². The number of carbonyl (C=O) groups excluding carboxylic acids is 2. The first-order valence-electron chi connectivity index (χ1n) is 22.6. The largest absolute Gasteiger partial charge is 0.472 e. The zero-order chi connectivity index (χ0) is 42.5. The van der Waals surface area contributed by atoms with Crippen LogP contribution in [0.25, 0.3) is 0 Å². The van der Waals surface area contributed by atoms with Gasteiger partial charge in [0, 0.05) is 19.4 Å². The lowest BCUT2D eigenvalue weighted by atomic mass is 10.0. The van der Waals surface area contributed by atoms with E-state index in [0.29, 0.717) is 6.42 Å². The molecule has 0 spiro atoms. The Kier molecular flexibility index (Phi) is 41.6. The summed E-state index contributed by atoms with van der Waals surface area (Å²) in [4.78, 5) is 34.9. The number of hydrogen-bond donors (Lipinski definition) is 2. The maximum absolute atomic E-state index is 12.6. The van der Waals surface area contributed by atoms with Gasteiger partial charge in [-0.15, -0.1) is 0 Å². The van der Waals surface area contributed by atoms with Crippen molar-refractivity contribution in [3.05, 3.63) is 85.1 Å². The third-order valence-electron chi connectivity index (χ3n) is 9.05. The molecule has 0 aliphatic heterocycles. The molecular weight excluding hydrogens is 750 g/mol. The normalized spacial score (nSPS) is 14.1. The number of allylic oxidation sites excluding steroid dienone is 14. The highest BCUT2D eigenvalue weighted by molar-refractivity contribution is 7.47. The summed E-state index contributed by atoms with van der Waals surface area (Å²) in [5, 5.41) is 0. The second-order valence-electron chi connectivity index (χ2n) is 14.5. The smallest absolute Gasteiger partial charge is 0.462 e. The number of esters is 2. The van der Waals surface area contributed by atoms with Gasteiger partial charge < -0.3 is 20.1 Å². The van der Waals surface area contributed by atoms with Crippen molar-refractivity contribution in [3.63, 3.8) is 0 Å². The van der Waals surface area contributed by atoms with Crippen molar-refractivity contribution in [2.75, 3.05) is 26.4 Å². The molecule has 0 aromatic rings. The Labute approximate surface area is 354 Å². The number of unbranched alkanes of at least 4 members (excludes halogenated alkanes) is 14. The number of ether oxygens (including phenoxy) is 2. The van der Waals surface area contributed by atoms with E-state index in [0.717, 1.165) is 83.5 Å². The maximum Gasteiger partial charge on any atom is 0.472 e. The summed E-state index contributed by atoms with van der Waals surface area (Å²) >= 11 is 0. The lowest BCUT2D eigenvalue weighted by Gasteiger charge is -2.19. The molecule has 2 unspecified atom stereocenters. The van der Waals surface area contributed by atoms with E-state index in [-0.39, 0.29) is 32.6 Å². The van der Waals surface area contributed by atoms with Crippen LogP contribution < -0.4 is 5.73 Å². The van der Waals surface area contributed by atoms with Gasteiger partial charge in [0.15, 0.2) is 6.10 Å². The van der Waals surface area contributed by atoms with Gasteiger partial charge in [0.1, 0.15) is 6.61 Å². The van der Waals surface area contributed by atoms with Crippen LogP contribution in [0.1, 0.15) is 174 Å². The fourth-order valence-electron chi connectivity index (χ4n) is 5.73. The molecule has 0 aliphatic rings. The minimum Gasteiger partial charge on any atom is -0.462 e. The average Bonchev–Trinajstić information content (AvgIpc) is 3.21. The molecule has 332 valence electrons. The van der Waals surface area contributed by atoms with E-state index in [4.69, 9.17) is 24.3 Å². The summed E-state index contributed by atoms with van der Waals surface area (Å²) in [6, 6.07) is 0. The Bertz CT molecular complexity index is 1220. The molecule has 0 saturated carbocycles. The molecular formula is C48H82NO8P. The van der Waals surface area contributed by atoms with Crippen molar-refractivity contribution >= 4 is 19.8 Å². The molecule has 9 nitrogen and oxygen atoms in total. The Morgan fingerprint density at radius 3 is 1.41 bits per heavy atom. The van der Waals surface area contributed by atoms with Crippen molar-refractivity contribution in [2.45, 2.75) is 180 Å². The van der Waals surface area contributed by atoms with Crippen LogP contribution in [0.2, 0.25) is 0 Å². The van der Waals surface area contributed by atoms with Crippen LogP contribution >= 0.6 is 7.82 Å². The number of rotatable bonds is 41. The monoisotopic (exact) mass is 832 g/mol. The third-order valence-corrected chi connectivity index (χ3v) is 10.0. The molecule has 10 heteroatoms. The molecule has 0 amide bonds. The summed E-state index contributed by atoms with van der Waals surface area (Å²) in [7, 11) is -4.39. The van der Waals surface area contributed by atoms with Crippen molar-refractivity contribution in [1.29, 1.82) is 0 Å². The highest BCUT2D eigenvalue weighted by atomic mass is 31.2. The van der Waals surface area contributed by atoms with Crippen molar-refractivity contribution < 1.29 is 37.6 Å². The molecule has 2 atom stereocenters. The summed E-state index contributed by atoms with van der Waals surface area (Å²) in [6.45, 7) is 3.56. The molecule has 0 heterocycles. The Hall–Kier alpha value is -2.81. The summed E-state index contributed by atoms with van der Waals surface area (Å²) in [5.74, 6) is -0.872. The van der Waals surface area contributed by atoms with Crippen LogP contribution in [-0.2, 0) is 32.7 Å². The SMILES string of the molecule is CC/C=C\C/C=C\C/C=C\C/C=C\C/C=C\C/C=C\C/C=C\CCCCCC(=O)OC(COC(=O)CCCCCCCCCCCCCC)COP(=O)(O)OCCN. The zero-order valence-electron chi connectivity index (χ0n) is 36.5. The van der Waals surface area contributed by atoms with Crippen LogP contribution in [0, 0.1) is 0 Å². The van der Waals surface area contributed by atoms with Gasteiger partial charge in [0.2, 0.25) is 0 Å². The van der Waals surface area contributed by atoms with Gasteiger partial charge in [0.05, 0.1) is 13.2 Å². The summed E-state index contributed by atoms with van der Waals surface area (Å²) in [6.07, 6.45) is 54.7. The molecule has 0 fully saturated rings. The van der Waals surface area contributed by atoms with Crippen LogP contribution in [-0.4, -0.2) is 49.3 Å². The Morgan fingerprint density at radius 2 is 0.948 bits per heavy atom. The molecule has 0 radical (unpaired) electrons. The van der Waals surface area contributed by atoms with Gasteiger partial charge in [-0.1, -0.05) is 176 Å². The standard InChI is InChI=1S/C48H82NO8P/c1-3-5-7-9-11-13-15-17-18-19-20-21-22-23-24-25-26-27-28-29-31-33-35-37-39-41-48(51)57-46(45-56-58(52,53)55-43-42-49)44-54-47(50)40-38-36-34-32-30-16-14-12-10-8-6-4-2/h5,7,11,13,17-18,20-21,23-24,26-27,29,31,46H,3-4,6,8-10,12,14-16,19,22,25,28,30,32-45,49H2,1-2H3,(H,52,53)/b7-5-,13-11-,18-17-,21-20-,24-23-,27-26-,31-29-. The zero-order valence-corrected chi connectivity index (χ0v) is 37.4. The van der Waals surface area contributed by atoms with E-state index in [1.165, 1.54) is 57.8 Å². The van der Waals surface area contributed by atoms with E-state index >= 15 is 0 Å². The minimum absolute atomic E-state index is 0.0440. The van der Waals surface area contributed by atoms with Gasteiger partial charge in [-0.05, 0) is 70.6 Å². The first-order chi connectivity index (χ1) is 28.3. The quantitative estimate of drug-likeness (QED) is 0.0267. The van der Waals surface area contributed by atoms with Crippen molar-refractivity contribution in [2.24, 2.45) is 5.73 Å². The number of carbonyl (C=O) groups is 2. The Morgan fingerprint density at radius 1 is 0.534 bits per heavy atom. The Balaban J connectivity index is 4.21. The van der Waals surface area contributed by atoms with Crippen LogP contribution in [0.5, 0.6) is 0 Å². The molecule has 0 aliphatic carbocycles. The van der Waals surface area contributed by atoms with E-state index in [1.807, 2.05) is 0 Å².